The minimum atomic E-state index is -3.95. The molecule has 2 amide bonds. The molecule has 1 aliphatic heterocycles. The fourth-order valence-corrected chi connectivity index (χ4v) is 7.70. The number of aromatic amines is 1. The van der Waals surface area contributed by atoms with Crippen LogP contribution in [0.4, 0.5) is 16.2 Å². The van der Waals surface area contributed by atoms with Gasteiger partial charge in [-0.3, -0.25) is 10.1 Å². The number of rotatable bonds is 10. The molecule has 0 aliphatic carbocycles. The van der Waals surface area contributed by atoms with Crippen molar-refractivity contribution in [3.05, 3.63) is 124 Å². The number of nitrogens with zero attached hydrogens (tertiary/aromatic N) is 2. The van der Waals surface area contributed by atoms with Gasteiger partial charge in [0.2, 0.25) is 0 Å². The van der Waals surface area contributed by atoms with E-state index in [-0.39, 0.29) is 18.6 Å². The Balaban J connectivity index is 1.36. The molecule has 1 fully saturated rings. The summed E-state index contributed by atoms with van der Waals surface area (Å²) >= 11 is 12.7. The van der Waals surface area contributed by atoms with Crippen LogP contribution < -0.4 is 14.3 Å². The first-order chi connectivity index (χ1) is 24.3. The molecular formula is C38H37Cl2N5O5S. The number of hydrogen-bond donors (Lipinski definition) is 3. The van der Waals surface area contributed by atoms with Crippen molar-refractivity contribution < 1.29 is 22.7 Å². The van der Waals surface area contributed by atoms with Crippen molar-refractivity contribution in [3.8, 4) is 22.4 Å². The van der Waals surface area contributed by atoms with Gasteiger partial charge >= 0.3 is 16.3 Å². The van der Waals surface area contributed by atoms with Crippen LogP contribution in [0.5, 0.6) is 0 Å². The van der Waals surface area contributed by atoms with Gasteiger partial charge < -0.3 is 9.72 Å². The van der Waals surface area contributed by atoms with Crippen molar-refractivity contribution in [2.24, 2.45) is 5.92 Å². The quantitative estimate of drug-likeness (QED) is 0.131. The molecule has 1 saturated heterocycles. The lowest BCUT2D eigenvalue weighted by Crippen LogP contribution is -2.29. The normalized spacial score (nSPS) is 14.5. The number of hydrogen-bond acceptors (Lipinski definition) is 6. The molecule has 13 heteroatoms. The Bertz CT molecular complexity index is 2190. The molecule has 6 rings (SSSR count). The van der Waals surface area contributed by atoms with Gasteiger partial charge in [-0.05, 0) is 90.4 Å². The zero-order valence-corrected chi connectivity index (χ0v) is 30.7. The third-order valence-corrected chi connectivity index (χ3v) is 10.3. The van der Waals surface area contributed by atoms with E-state index < -0.39 is 22.2 Å². The van der Waals surface area contributed by atoms with E-state index in [0.29, 0.717) is 44.4 Å². The number of halogens is 2. The summed E-state index contributed by atoms with van der Waals surface area (Å²) < 4.78 is 33.4. The third-order valence-electron chi connectivity index (χ3n) is 8.31. The predicted octanol–water partition coefficient (Wildman–Crippen LogP) is 8.57. The maximum Gasteiger partial charge on any atom is 0.411 e. The van der Waals surface area contributed by atoms with Crippen LogP contribution in [0.3, 0.4) is 0 Å². The Hall–Kier alpha value is -4.84. The maximum absolute atomic E-state index is 12.6. The van der Waals surface area contributed by atoms with Crippen LogP contribution in [-0.2, 0) is 26.2 Å². The van der Waals surface area contributed by atoms with Crippen molar-refractivity contribution in [1.29, 1.82) is 0 Å². The van der Waals surface area contributed by atoms with Gasteiger partial charge in [0.05, 0.1) is 28.4 Å². The molecule has 1 aliphatic rings. The minimum Gasteiger partial charge on any atom is -0.447 e. The van der Waals surface area contributed by atoms with E-state index in [1.54, 1.807) is 30.5 Å². The number of anilines is 2. The molecule has 4 aromatic carbocycles. The smallest absolute Gasteiger partial charge is 0.411 e. The summed E-state index contributed by atoms with van der Waals surface area (Å²) in [7, 11) is -3.95. The average Bonchev–Trinajstić information content (AvgIpc) is 3.64. The lowest BCUT2D eigenvalue weighted by molar-refractivity contribution is -0.117. The van der Waals surface area contributed by atoms with Crippen molar-refractivity contribution in [2.45, 2.75) is 46.1 Å². The number of ether oxygens (including phenoxy) is 1. The summed E-state index contributed by atoms with van der Waals surface area (Å²) in [6.45, 7) is 7.59. The Kier molecular flexibility index (Phi) is 10.4. The third kappa shape index (κ3) is 8.22. The number of benzene rings is 4. The molecule has 2 heterocycles. The molecular weight excluding hydrogens is 709 g/mol. The highest BCUT2D eigenvalue weighted by Gasteiger charge is 2.34. The van der Waals surface area contributed by atoms with Crippen LogP contribution in [0.25, 0.3) is 22.4 Å². The second-order valence-corrected chi connectivity index (χ2v) is 15.5. The van der Waals surface area contributed by atoms with E-state index in [1.165, 1.54) is 0 Å². The van der Waals surface area contributed by atoms with E-state index >= 15 is 0 Å². The molecule has 0 saturated carbocycles. The van der Waals surface area contributed by atoms with E-state index in [0.717, 1.165) is 38.5 Å². The summed E-state index contributed by atoms with van der Waals surface area (Å²) in [5, 5.41) is 3.91. The van der Waals surface area contributed by atoms with Crippen LogP contribution in [-0.4, -0.2) is 43.0 Å². The molecule has 0 bridgehead atoms. The molecule has 51 heavy (non-hydrogen) atoms. The molecule has 264 valence electrons. The van der Waals surface area contributed by atoms with Crippen molar-refractivity contribution >= 4 is 56.8 Å². The number of imidazole rings is 1. The van der Waals surface area contributed by atoms with Crippen LogP contribution >= 0.6 is 23.2 Å². The van der Waals surface area contributed by atoms with Gasteiger partial charge in [-0.2, -0.15) is 8.42 Å². The Morgan fingerprint density at radius 1 is 0.922 bits per heavy atom. The Morgan fingerprint density at radius 2 is 1.59 bits per heavy atom. The zero-order valence-electron chi connectivity index (χ0n) is 28.4. The predicted molar refractivity (Wildman–Crippen MR) is 201 cm³/mol. The summed E-state index contributed by atoms with van der Waals surface area (Å²) in [6, 6.07) is 26.3. The average molecular weight is 747 g/mol. The molecule has 0 spiro atoms. The van der Waals surface area contributed by atoms with Crippen LogP contribution in [0.1, 0.15) is 56.1 Å². The van der Waals surface area contributed by atoms with E-state index in [9.17, 15) is 18.0 Å². The van der Waals surface area contributed by atoms with Crippen LogP contribution in [0.2, 0.25) is 10.0 Å². The first-order valence-corrected chi connectivity index (χ1v) is 18.6. The van der Waals surface area contributed by atoms with E-state index in [4.69, 9.17) is 32.9 Å². The first kappa shape index (κ1) is 36.0. The summed E-state index contributed by atoms with van der Waals surface area (Å²) in [5.74, 6) is 0.0446. The molecule has 1 atom stereocenters. The van der Waals surface area contributed by atoms with Gasteiger partial charge in [-0.1, -0.05) is 85.6 Å². The molecule has 10 nitrogen and oxygen atoms in total. The number of amides is 2. The van der Waals surface area contributed by atoms with Crippen molar-refractivity contribution in [2.75, 3.05) is 16.2 Å². The van der Waals surface area contributed by atoms with Gasteiger partial charge in [0, 0.05) is 22.5 Å². The highest BCUT2D eigenvalue weighted by atomic mass is 35.5. The number of aromatic nitrogens is 2. The zero-order chi connectivity index (χ0) is 36.4. The highest BCUT2D eigenvalue weighted by Crippen LogP contribution is 2.37. The van der Waals surface area contributed by atoms with Gasteiger partial charge in [-0.15, -0.1) is 0 Å². The summed E-state index contributed by atoms with van der Waals surface area (Å²) in [6.07, 6.45) is 1.83. The number of H-pyrrole nitrogens is 1. The van der Waals surface area contributed by atoms with E-state index in [1.807, 2.05) is 79.2 Å². The van der Waals surface area contributed by atoms with E-state index in [2.05, 4.69) is 24.1 Å². The van der Waals surface area contributed by atoms with Crippen LogP contribution in [0.15, 0.2) is 91.1 Å². The summed E-state index contributed by atoms with van der Waals surface area (Å²) in [5.41, 5.74) is 7.04. The van der Waals surface area contributed by atoms with Crippen LogP contribution in [0, 0.1) is 5.92 Å². The SMILES string of the molecule is CC(C)Cc1ccc(-c2ccc(C(c3ccc(N4CC(=O)NS4(=O)=O)cc3)c3nc(-c4ccc(Cl)cc4Cl)c[nH]3)cc2)cc1NC(=O)OC(C)C. The second kappa shape index (κ2) is 14.8. The monoisotopic (exact) mass is 745 g/mol. The minimum absolute atomic E-state index is 0.249. The highest BCUT2D eigenvalue weighted by molar-refractivity contribution is 7.92. The topological polar surface area (TPSA) is 133 Å². The lowest BCUT2D eigenvalue weighted by Gasteiger charge is -2.19. The Morgan fingerprint density at radius 3 is 2.20 bits per heavy atom. The largest absolute Gasteiger partial charge is 0.447 e. The fraction of sp³-hybridized carbons (Fsp3) is 0.237. The standard InChI is InChI=1S/C38H37Cl2N5O5S/c1-22(2)17-28-10-9-27(18-33(28)43-38(47)50-23(3)4)24-5-7-25(8-6-24)36(37-41-20-34(42-37)31-16-13-29(39)19-32(31)40)26-11-14-30(15-12-26)45-21-35(46)44-51(45,48)49/h5-16,18-20,22-23,36H,17,21H2,1-4H3,(H,41,42)(H,43,47)(H,44,46). The van der Waals surface area contributed by atoms with Gasteiger partial charge in [0.1, 0.15) is 12.4 Å². The second-order valence-electron chi connectivity index (χ2n) is 13.0. The fourth-order valence-electron chi connectivity index (χ4n) is 6.05. The lowest BCUT2D eigenvalue weighted by atomic mass is 9.89. The number of carbonyl (C=O) groups is 2. The van der Waals surface area contributed by atoms with Crippen molar-refractivity contribution in [1.82, 2.24) is 14.7 Å². The van der Waals surface area contributed by atoms with Gasteiger partial charge in [0.25, 0.3) is 5.91 Å². The molecule has 1 aromatic heterocycles. The van der Waals surface area contributed by atoms with Crippen molar-refractivity contribution in [3.63, 3.8) is 0 Å². The van der Waals surface area contributed by atoms with Gasteiger partial charge in [0.15, 0.2) is 0 Å². The number of nitrogens with one attached hydrogen (secondary N) is 3. The maximum atomic E-state index is 12.6. The van der Waals surface area contributed by atoms with Gasteiger partial charge in [-0.25, -0.2) is 18.8 Å². The molecule has 3 N–H and O–H groups in total. The molecule has 1 unspecified atom stereocenters. The molecule has 5 aromatic rings. The molecule has 0 radical (unpaired) electrons. The summed E-state index contributed by atoms with van der Waals surface area (Å²) in [4.78, 5) is 32.7. The first-order valence-electron chi connectivity index (χ1n) is 16.4. The number of carbonyl (C=O) groups excluding carboxylic acids is 2. The Labute approximate surface area is 307 Å².